The molecule has 0 amide bonds. The summed E-state index contributed by atoms with van der Waals surface area (Å²) >= 11 is 7.44. The van der Waals surface area contributed by atoms with Gasteiger partial charge in [0.2, 0.25) is 0 Å². The molecule has 0 aromatic heterocycles. The molecule has 0 fully saturated rings. The van der Waals surface area contributed by atoms with Crippen molar-refractivity contribution in [1.29, 1.82) is 0 Å². The van der Waals surface area contributed by atoms with Crippen molar-refractivity contribution in [3.8, 4) is 0 Å². The fourth-order valence-corrected chi connectivity index (χ4v) is 5.56. The number of hydrogen-bond acceptors (Lipinski definition) is 2. The molecule has 0 saturated heterocycles. The second-order valence-corrected chi connectivity index (χ2v) is 6.77. The lowest BCUT2D eigenvalue weighted by atomic mass is 10.3. The van der Waals surface area contributed by atoms with Gasteiger partial charge in [0.1, 0.15) is 0 Å². The third kappa shape index (κ3) is 1.55. The van der Waals surface area contributed by atoms with Gasteiger partial charge in [0.05, 0.1) is 0 Å². The molecule has 1 aliphatic heterocycles. The average molecular weight is 248 g/mol. The first-order valence-electron chi connectivity index (χ1n) is 4.64. The Bertz CT molecular complexity index is 499. The van der Waals surface area contributed by atoms with Crippen LogP contribution in [-0.2, 0) is 20.6 Å². The van der Waals surface area contributed by atoms with E-state index in [0.717, 1.165) is 0 Å². The Morgan fingerprint density at radius 2 is 1.27 bits per heavy atom. The van der Waals surface area contributed by atoms with Crippen LogP contribution in [-0.4, -0.2) is 0 Å². The standard InChI is InChI=1S/C12H8S3/c13-15-11-7-3-1-5-9(11)14-10-6-2-4-8-12(10)15/h1-8H. The highest BCUT2D eigenvalue weighted by Gasteiger charge is 2.18. The van der Waals surface area contributed by atoms with Crippen molar-refractivity contribution in [2.75, 3.05) is 0 Å². The van der Waals surface area contributed by atoms with E-state index in [0.29, 0.717) is 0 Å². The van der Waals surface area contributed by atoms with Gasteiger partial charge in [-0.2, -0.15) is 0 Å². The molecule has 3 rings (SSSR count). The van der Waals surface area contributed by atoms with Gasteiger partial charge in [0, 0.05) is 19.6 Å². The maximum absolute atomic E-state index is 5.61. The average Bonchev–Trinajstić information content (AvgIpc) is 2.30. The Balaban J connectivity index is 2.24. The molecule has 2 aromatic rings. The molecule has 3 heteroatoms. The number of hydrogen-bond donors (Lipinski definition) is 0. The second-order valence-electron chi connectivity index (χ2n) is 3.26. The van der Waals surface area contributed by atoms with Crippen LogP contribution in [0.5, 0.6) is 0 Å². The predicted molar refractivity (Wildman–Crippen MR) is 68.3 cm³/mol. The molecule has 74 valence electrons. The van der Waals surface area contributed by atoms with Crippen molar-refractivity contribution >= 4 is 32.4 Å². The molecule has 0 atom stereocenters. The number of benzene rings is 2. The van der Waals surface area contributed by atoms with Crippen LogP contribution in [0, 0.1) is 0 Å². The summed E-state index contributed by atoms with van der Waals surface area (Å²) in [7, 11) is -0.178. The predicted octanol–water partition coefficient (Wildman–Crippen LogP) is 3.65. The maximum atomic E-state index is 5.61. The van der Waals surface area contributed by atoms with E-state index in [1.807, 2.05) is 11.8 Å². The Labute approximate surface area is 100 Å². The second kappa shape index (κ2) is 3.74. The largest absolute Gasteiger partial charge is 0.0877 e. The molecular weight excluding hydrogens is 240 g/mol. The summed E-state index contributed by atoms with van der Waals surface area (Å²) in [5.41, 5.74) is 0. The van der Waals surface area contributed by atoms with E-state index >= 15 is 0 Å². The molecular formula is C12H8S3. The van der Waals surface area contributed by atoms with E-state index in [9.17, 15) is 0 Å². The van der Waals surface area contributed by atoms with Gasteiger partial charge in [-0.15, -0.1) is 0 Å². The first-order valence-corrected chi connectivity index (χ1v) is 7.60. The molecule has 2 aromatic carbocycles. The molecule has 0 nitrogen and oxygen atoms in total. The zero-order valence-corrected chi connectivity index (χ0v) is 10.3. The van der Waals surface area contributed by atoms with Gasteiger partial charge >= 0.3 is 0 Å². The molecule has 1 heterocycles. The first kappa shape index (κ1) is 9.58. The Morgan fingerprint density at radius 3 is 1.80 bits per heavy atom. The normalized spacial score (nSPS) is 14.4. The lowest BCUT2D eigenvalue weighted by Gasteiger charge is -2.19. The van der Waals surface area contributed by atoms with Gasteiger partial charge in [0.15, 0.2) is 0 Å². The summed E-state index contributed by atoms with van der Waals surface area (Å²) in [5.74, 6) is 0. The van der Waals surface area contributed by atoms with Crippen LogP contribution < -0.4 is 0 Å². The van der Waals surface area contributed by atoms with Gasteiger partial charge in [-0.05, 0) is 35.5 Å². The van der Waals surface area contributed by atoms with Crippen LogP contribution in [0.1, 0.15) is 0 Å². The number of rotatable bonds is 0. The van der Waals surface area contributed by atoms with Gasteiger partial charge in [-0.1, -0.05) is 45.5 Å². The molecule has 0 aliphatic carbocycles. The van der Waals surface area contributed by atoms with Gasteiger partial charge in [-0.25, -0.2) is 0 Å². The lowest BCUT2D eigenvalue weighted by Crippen LogP contribution is -2.00. The molecule has 15 heavy (non-hydrogen) atoms. The van der Waals surface area contributed by atoms with Crippen LogP contribution in [0.2, 0.25) is 0 Å². The Hall–Kier alpha value is -0.640. The summed E-state index contributed by atoms with van der Waals surface area (Å²) in [6, 6.07) is 16.9. The minimum Gasteiger partial charge on any atom is -0.0877 e. The van der Waals surface area contributed by atoms with E-state index < -0.39 is 0 Å². The summed E-state index contributed by atoms with van der Waals surface area (Å²) in [5, 5.41) is 0. The fourth-order valence-electron chi connectivity index (χ4n) is 1.61. The highest BCUT2D eigenvalue weighted by molar-refractivity contribution is 8.29. The molecule has 0 saturated carbocycles. The van der Waals surface area contributed by atoms with Crippen molar-refractivity contribution in [2.45, 2.75) is 19.6 Å². The van der Waals surface area contributed by atoms with Crippen molar-refractivity contribution in [3.05, 3.63) is 48.5 Å². The van der Waals surface area contributed by atoms with Crippen LogP contribution >= 0.6 is 11.8 Å². The lowest BCUT2D eigenvalue weighted by molar-refractivity contribution is 1.15. The quantitative estimate of drug-likeness (QED) is 0.595. The molecule has 0 bridgehead atoms. The molecule has 1 aliphatic rings. The highest BCUT2D eigenvalue weighted by Crippen LogP contribution is 2.42. The molecule has 0 spiro atoms. The van der Waals surface area contributed by atoms with Crippen molar-refractivity contribution in [2.24, 2.45) is 0 Å². The topological polar surface area (TPSA) is 0 Å². The van der Waals surface area contributed by atoms with E-state index in [1.54, 1.807) is 0 Å². The van der Waals surface area contributed by atoms with Crippen LogP contribution in [0.15, 0.2) is 68.1 Å². The van der Waals surface area contributed by atoms with E-state index in [4.69, 9.17) is 11.2 Å². The summed E-state index contributed by atoms with van der Waals surface area (Å²) in [4.78, 5) is 5.23. The first-order chi connectivity index (χ1) is 7.36. The molecule has 0 unspecified atom stereocenters. The van der Waals surface area contributed by atoms with Crippen molar-refractivity contribution in [3.63, 3.8) is 0 Å². The van der Waals surface area contributed by atoms with Gasteiger partial charge in [0.25, 0.3) is 0 Å². The number of fused-ring (bicyclic) bond motifs is 2. The van der Waals surface area contributed by atoms with Crippen LogP contribution in [0.3, 0.4) is 0 Å². The minimum atomic E-state index is -0.178. The molecule has 0 N–H and O–H groups in total. The zero-order valence-electron chi connectivity index (χ0n) is 7.84. The SMILES string of the molecule is S=S1c2ccccc2Sc2ccccc21. The molecule has 0 radical (unpaired) electrons. The van der Waals surface area contributed by atoms with Crippen LogP contribution in [0.25, 0.3) is 0 Å². The Kier molecular flexibility index (Phi) is 2.39. The van der Waals surface area contributed by atoms with Crippen LogP contribution in [0.4, 0.5) is 0 Å². The van der Waals surface area contributed by atoms with E-state index in [-0.39, 0.29) is 9.45 Å². The van der Waals surface area contributed by atoms with Crippen molar-refractivity contribution in [1.82, 2.24) is 0 Å². The summed E-state index contributed by atoms with van der Waals surface area (Å²) < 4.78 is 0. The van der Waals surface area contributed by atoms with E-state index in [1.165, 1.54) is 19.6 Å². The van der Waals surface area contributed by atoms with Gasteiger partial charge in [-0.3, -0.25) is 0 Å². The third-order valence-electron chi connectivity index (χ3n) is 2.32. The highest BCUT2D eigenvalue weighted by atomic mass is 32.8. The fraction of sp³-hybridized carbons (Fsp3) is 0. The third-order valence-corrected chi connectivity index (χ3v) is 6.32. The smallest absolute Gasteiger partial charge is 0.0305 e. The Morgan fingerprint density at radius 1 is 0.800 bits per heavy atom. The summed E-state index contributed by atoms with van der Waals surface area (Å²) in [6.45, 7) is 0. The van der Waals surface area contributed by atoms with Crippen molar-refractivity contribution < 1.29 is 0 Å². The van der Waals surface area contributed by atoms with Gasteiger partial charge < -0.3 is 0 Å². The minimum absolute atomic E-state index is 0.178. The zero-order chi connectivity index (χ0) is 10.3. The van der Waals surface area contributed by atoms with E-state index in [2.05, 4.69) is 48.5 Å². The summed E-state index contributed by atoms with van der Waals surface area (Å²) in [6.07, 6.45) is 0. The monoisotopic (exact) mass is 248 g/mol. The maximum Gasteiger partial charge on any atom is 0.0305 e.